The highest BCUT2D eigenvalue weighted by Crippen LogP contribution is 2.32. The molecule has 0 aliphatic carbocycles. The molecule has 0 aliphatic heterocycles. The van der Waals surface area contributed by atoms with Gasteiger partial charge >= 0.3 is 5.97 Å². The number of hydrogen-bond donors (Lipinski definition) is 1. The maximum atomic E-state index is 12.1. The molecular weight excluding hydrogens is 342 g/mol. The van der Waals surface area contributed by atoms with Crippen LogP contribution < -0.4 is 4.72 Å². The van der Waals surface area contributed by atoms with Crippen LogP contribution in [-0.2, 0) is 14.8 Å². The van der Waals surface area contributed by atoms with Gasteiger partial charge in [0, 0.05) is 6.04 Å². The number of nitrogens with one attached hydrogen (secondary N) is 1. The summed E-state index contributed by atoms with van der Waals surface area (Å²) in [4.78, 5) is 11.6. The van der Waals surface area contributed by atoms with Crippen molar-refractivity contribution < 1.29 is 17.9 Å². The molecule has 0 fully saturated rings. The Hall–Kier alpha value is -0.440. The van der Waals surface area contributed by atoms with Crippen molar-refractivity contribution in [1.82, 2.24) is 4.72 Å². The van der Waals surface area contributed by atoms with Crippen molar-refractivity contribution in [3.05, 3.63) is 14.7 Å². The number of halogens is 1. The maximum absolute atomic E-state index is 12.1. The minimum Gasteiger partial charge on any atom is -0.465 e. The average molecular weight is 356 g/mol. The van der Waals surface area contributed by atoms with E-state index in [9.17, 15) is 13.2 Å². The van der Waals surface area contributed by atoms with Crippen LogP contribution in [-0.4, -0.2) is 27.5 Å². The minimum atomic E-state index is -3.62. The normalized spacial score (nSPS) is 13.3. The molecule has 0 unspecified atom stereocenters. The zero-order valence-corrected chi connectivity index (χ0v) is 13.4. The number of sulfonamides is 1. The highest BCUT2D eigenvalue weighted by atomic mass is 79.9. The van der Waals surface area contributed by atoms with Crippen LogP contribution in [0.3, 0.4) is 0 Å². The Labute approximate surface area is 119 Å². The molecule has 0 saturated heterocycles. The van der Waals surface area contributed by atoms with Crippen LogP contribution in [0.15, 0.2) is 14.7 Å². The molecular formula is C10H14BrNO4S2. The lowest BCUT2D eigenvalue weighted by Crippen LogP contribution is -2.31. The molecule has 0 saturated carbocycles. The molecule has 1 heterocycles. The fraction of sp³-hybridized carbons (Fsp3) is 0.500. The topological polar surface area (TPSA) is 72.5 Å². The number of thiophene rings is 1. The Morgan fingerprint density at radius 1 is 1.61 bits per heavy atom. The Morgan fingerprint density at radius 3 is 2.72 bits per heavy atom. The van der Waals surface area contributed by atoms with E-state index in [1.807, 2.05) is 6.92 Å². The van der Waals surface area contributed by atoms with Crippen LogP contribution >= 0.6 is 27.3 Å². The molecule has 1 atom stereocenters. The first-order valence-corrected chi connectivity index (χ1v) is 8.31. The third-order valence-electron chi connectivity index (χ3n) is 2.30. The van der Waals surface area contributed by atoms with Gasteiger partial charge in [-0.1, -0.05) is 6.92 Å². The molecule has 1 aromatic rings. The molecule has 18 heavy (non-hydrogen) atoms. The Kier molecular flexibility index (Phi) is 5.32. The van der Waals surface area contributed by atoms with E-state index in [1.165, 1.54) is 13.2 Å². The van der Waals surface area contributed by atoms with Gasteiger partial charge in [-0.25, -0.2) is 17.9 Å². The van der Waals surface area contributed by atoms with E-state index in [0.717, 1.165) is 11.3 Å². The number of carbonyl (C=O) groups excluding carboxylic acids is 1. The van der Waals surface area contributed by atoms with Crippen molar-refractivity contribution in [2.24, 2.45) is 0 Å². The fourth-order valence-corrected chi connectivity index (χ4v) is 4.96. The minimum absolute atomic E-state index is 0.0631. The summed E-state index contributed by atoms with van der Waals surface area (Å²) in [6, 6.07) is 1.15. The van der Waals surface area contributed by atoms with Gasteiger partial charge in [0.2, 0.25) is 10.0 Å². The summed E-state index contributed by atoms with van der Waals surface area (Å²) in [5.74, 6) is -0.550. The third kappa shape index (κ3) is 3.53. The largest absolute Gasteiger partial charge is 0.465 e. The van der Waals surface area contributed by atoms with Gasteiger partial charge < -0.3 is 4.74 Å². The molecule has 8 heteroatoms. The third-order valence-corrected chi connectivity index (χ3v) is 6.12. The molecule has 0 spiro atoms. The van der Waals surface area contributed by atoms with Crippen molar-refractivity contribution in [3.63, 3.8) is 0 Å². The molecule has 1 aromatic heterocycles. The monoisotopic (exact) mass is 355 g/mol. The molecule has 1 N–H and O–H groups in total. The SMILES string of the molecule is CC[C@@H](C)NS(=O)(=O)c1cc(C(=O)OC)sc1Br. The van der Waals surface area contributed by atoms with E-state index in [0.29, 0.717) is 10.2 Å². The molecule has 0 aliphatic rings. The van der Waals surface area contributed by atoms with Crippen LogP contribution in [0, 0.1) is 0 Å². The number of ether oxygens (including phenoxy) is 1. The first-order valence-electron chi connectivity index (χ1n) is 5.21. The predicted molar refractivity (Wildman–Crippen MR) is 73.4 cm³/mol. The second kappa shape index (κ2) is 6.14. The number of hydrogen-bond acceptors (Lipinski definition) is 5. The van der Waals surface area contributed by atoms with Gasteiger partial charge in [0.25, 0.3) is 0 Å². The van der Waals surface area contributed by atoms with Gasteiger partial charge in [0.05, 0.1) is 10.9 Å². The van der Waals surface area contributed by atoms with Gasteiger partial charge in [0.1, 0.15) is 9.77 Å². The lowest BCUT2D eigenvalue weighted by atomic mass is 10.3. The lowest BCUT2D eigenvalue weighted by molar-refractivity contribution is 0.0606. The fourth-order valence-electron chi connectivity index (χ4n) is 1.15. The molecule has 0 amide bonds. The Bertz CT molecular complexity index is 538. The second-order valence-corrected chi connectivity index (χ2v) is 7.72. The highest BCUT2D eigenvalue weighted by Gasteiger charge is 2.24. The van der Waals surface area contributed by atoms with E-state index < -0.39 is 16.0 Å². The van der Waals surface area contributed by atoms with Crippen molar-refractivity contribution in [2.45, 2.75) is 31.2 Å². The quantitative estimate of drug-likeness (QED) is 0.823. The first-order chi connectivity index (χ1) is 8.31. The van der Waals surface area contributed by atoms with Crippen molar-refractivity contribution in [2.75, 3.05) is 7.11 Å². The average Bonchev–Trinajstić information content (AvgIpc) is 2.70. The second-order valence-electron chi connectivity index (χ2n) is 3.67. The Morgan fingerprint density at radius 2 is 2.22 bits per heavy atom. The van der Waals surface area contributed by atoms with Crippen LogP contribution in [0.2, 0.25) is 0 Å². The van der Waals surface area contributed by atoms with Gasteiger partial charge in [-0.2, -0.15) is 0 Å². The van der Waals surface area contributed by atoms with E-state index in [4.69, 9.17) is 0 Å². The number of carbonyl (C=O) groups is 1. The summed E-state index contributed by atoms with van der Waals surface area (Å²) in [7, 11) is -2.37. The lowest BCUT2D eigenvalue weighted by Gasteiger charge is -2.11. The van der Waals surface area contributed by atoms with Crippen molar-refractivity contribution in [1.29, 1.82) is 0 Å². The van der Waals surface area contributed by atoms with Crippen LogP contribution in [0.4, 0.5) is 0 Å². The van der Waals surface area contributed by atoms with E-state index in [-0.39, 0.29) is 15.8 Å². The summed E-state index contributed by atoms with van der Waals surface area (Å²) in [5.41, 5.74) is 0. The zero-order valence-electron chi connectivity index (χ0n) is 10.2. The number of methoxy groups -OCH3 is 1. The molecule has 0 aromatic carbocycles. The van der Waals surface area contributed by atoms with Gasteiger partial charge in [-0.05, 0) is 35.3 Å². The smallest absolute Gasteiger partial charge is 0.348 e. The predicted octanol–water partition coefficient (Wildman–Crippen LogP) is 2.37. The number of esters is 1. The summed E-state index contributed by atoms with van der Waals surface area (Å²) >= 11 is 4.19. The first kappa shape index (κ1) is 15.6. The van der Waals surface area contributed by atoms with Crippen molar-refractivity contribution >= 4 is 43.3 Å². The molecule has 0 radical (unpaired) electrons. The van der Waals surface area contributed by atoms with Gasteiger partial charge in [0.15, 0.2) is 0 Å². The van der Waals surface area contributed by atoms with Crippen molar-refractivity contribution in [3.8, 4) is 0 Å². The molecule has 102 valence electrons. The Balaban J connectivity index is 3.10. The highest BCUT2D eigenvalue weighted by molar-refractivity contribution is 9.11. The standard InChI is InChI=1S/C10H14BrNO4S2/c1-4-6(2)12-18(14,15)8-5-7(10(13)16-3)17-9(8)11/h5-6,12H,4H2,1-3H3/t6-/m1/s1. The molecule has 5 nitrogen and oxygen atoms in total. The summed E-state index contributed by atoms with van der Waals surface area (Å²) in [6.45, 7) is 3.66. The summed E-state index contributed by atoms with van der Waals surface area (Å²) in [5, 5.41) is 0. The summed E-state index contributed by atoms with van der Waals surface area (Å²) < 4.78 is 31.6. The molecule has 1 rings (SSSR count). The molecule has 0 bridgehead atoms. The number of rotatable bonds is 5. The van der Waals surface area contributed by atoms with Gasteiger partial charge in [-0.3, -0.25) is 0 Å². The van der Waals surface area contributed by atoms with Crippen LogP contribution in [0.25, 0.3) is 0 Å². The van der Waals surface area contributed by atoms with E-state index in [1.54, 1.807) is 6.92 Å². The van der Waals surface area contributed by atoms with E-state index in [2.05, 4.69) is 25.4 Å². The van der Waals surface area contributed by atoms with Gasteiger partial charge in [-0.15, -0.1) is 11.3 Å². The zero-order chi connectivity index (χ0) is 13.9. The summed E-state index contributed by atoms with van der Waals surface area (Å²) in [6.07, 6.45) is 0.685. The van der Waals surface area contributed by atoms with Crippen LogP contribution in [0.5, 0.6) is 0 Å². The maximum Gasteiger partial charge on any atom is 0.348 e. The van der Waals surface area contributed by atoms with Crippen LogP contribution in [0.1, 0.15) is 29.9 Å². The van der Waals surface area contributed by atoms with E-state index >= 15 is 0 Å².